The van der Waals surface area contributed by atoms with Crippen molar-refractivity contribution in [2.75, 3.05) is 6.61 Å². The number of aromatic amines is 1. The molecule has 0 saturated heterocycles. The van der Waals surface area contributed by atoms with Crippen LogP contribution in [0.15, 0.2) is 29.1 Å². The van der Waals surface area contributed by atoms with E-state index in [9.17, 15) is 14.4 Å². The van der Waals surface area contributed by atoms with E-state index in [-0.39, 0.29) is 29.8 Å². The normalized spacial score (nSPS) is 24.7. The maximum Gasteiger partial charge on any atom is 0.359 e. The number of rotatable bonds is 5. The summed E-state index contributed by atoms with van der Waals surface area (Å²) >= 11 is 0. The molecule has 7 nitrogen and oxygen atoms in total. The van der Waals surface area contributed by atoms with Crippen LogP contribution < -0.4 is 10.9 Å². The van der Waals surface area contributed by atoms with Crippen LogP contribution in [0.1, 0.15) is 43.1 Å². The third kappa shape index (κ3) is 3.46. The summed E-state index contributed by atoms with van der Waals surface area (Å²) in [6.07, 6.45) is 5.04. The van der Waals surface area contributed by atoms with Crippen molar-refractivity contribution in [3.8, 4) is 0 Å². The van der Waals surface area contributed by atoms with Crippen molar-refractivity contribution in [3.63, 3.8) is 0 Å². The first-order valence-electron chi connectivity index (χ1n) is 9.47. The predicted octanol–water partition coefficient (Wildman–Crippen LogP) is 2.02. The summed E-state index contributed by atoms with van der Waals surface area (Å²) in [5.74, 6) is 1.01. The van der Waals surface area contributed by atoms with E-state index in [0.29, 0.717) is 22.6 Å². The summed E-state index contributed by atoms with van der Waals surface area (Å²) < 4.78 is 5.13. The molecule has 2 bridgehead atoms. The summed E-state index contributed by atoms with van der Waals surface area (Å²) in [6, 6.07) is 6.74. The van der Waals surface area contributed by atoms with Gasteiger partial charge in [0, 0.05) is 11.4 Å². The van der Waals surface area contributed by atoms with E-state index in [1.807, 2.05) is 6.92 Å². The van der Waals surface area contributed by atoms with Crippen molar-refractivity contribution < 1.29 is 14.3 Å². The van der Waals surface area contributed by atoms with Crippen LogP contribution in [0.5, 0.6) is 0 Å². The molecule has 0 radical (unpaired) electrons. The van der Waals surface area contributed by atoms with Gasteiger partial charge >= 0.3 is 5.97 Å². The summed E-state index contributed by atoms with van der Waals surface area (Å²) in [6.45, 7) is 1.67. The lowest BCUT2D eigenvalue weighted by molar-refractivity contribution is -0.125. The van der Waals surface area contributed by atoms with Gasteiger partial charge in [-0.2, -0.15) is 5.10 Å². The summed E-state index contributed by atoms with van der Waals surface area (Å²) in [7, 11) is 0. The first kappa shape index (κ1) is 17.7. The van der Waals surface area contributed by atoms with Crippen LogP contribution in [-0.4, -0.2) is 34.7 Å². The SMILES string of the molecule is C[C@H](NC(=O)COC(=O)c1n[nH]c(=O)c2ccccc12)[C@@H]1C[C@H]2CC[C@H]1C2. The standard InChI is InChI=1S/C20H23N3O4/c1-11(16-9-12-6-7-13(16)8-12)21-17(24)10-27-20(26)18-14-4-2-3-5-15(14)19(25)23-22-18/h2-5,11-13,16H,6-10H2,1H3,(H,21,24)(H,23,25)/t11-,12-,13-,16-/m0/s1. The maximum atomic E-state index is 12.3. The van der Waals surface area contributed by atoms with Gasteiger partial charge < -0.3 is 10.1 Å². The number of benzene rings is 1. The van der Waals surface area contributed by atoms with Crippen LogP contribution in [0.25, 0.3) is 10.8 Å². The lowest BCUT2D eigenvalue weighted by atomic mass is 9.84. The largest absolute Gasteiger partial charge is 0.451 e. The van der Waals surface area contributed by atoms with E-state index in [2.05, 4.69) is 15.5 Å². The molecule has 4 rings (SSSR count). The number of hydrogen-bond acceptors (Lipinski definition) is 5. The average Bonchev–Trinajstić information content (AvgIpc) is 3.30. The van der Waals surface area contributed by atoms with Crippen molar-refractivity contribution in [2.45, 2.75) is 38.6 Å². The molecule has 2 saturated carbocycles. The number of carbonyl (C=O) groups excluding carboxylic acids is 2. The van der Waals surface area contributed by atoms with Gasteiger partial charge in [0.15, 0.2) is 12.3 Å². The molecule has 0 aliphatic heterocycles. The molecular weight excluding hydrogens is 346 g/mol. The molecule has 1 amide bonds. The number of aromatic nitrogens is 2. The lowest BCUT2D eigenvalue weighted by Crippen LogP contribution is -2.42. The fourth-order valence-corrected chi connectivity index (χ4v) is 4.78. The zero-order valence-electron chi connectivity index (χ0n) is 15.2. The molecule has 0 spiro atoms. The quantitative estimate of drug-likeness (QED) is 0.785. The molecule has 2 fully saturated rings. The second-order valence-electron chi connectivity index (χ2n) is 7.72. The van der Waals surface area contributed by atoms with Crippen LogP contribution in [0, 0.1) is 17.8 Å². The van der Waals surface area contributed by atoms with Crippen LogP contribution in [0.4, 0.5) is 0 Å². The average molecular weight is 369 g/mol. The summed E-state index contributed by atoms with van der Waals surface area (Å²) in [5.41, 5.74) is -0.376. The van der Waals surface area contributed by atoms with Gasteiger partial charge in [0.2, 0.25) is 0 Å². The van der Waals surface area contributed by atoms with Crippen molar-refractivity contribution >= 4 is 22.6 Å². The maximum absolute atomic E-state index is 12.3. The topological polar surface area (TPSA) is 101 Å². The van der Waals surface area contributed by atoms with Gasteiger partial charge in [0.25, 0.3) is 11.5 Å². The molecule has 27 heavy (non-hydrogen) atoms. The zero-order chi connectivity index (χ0) is 19.0. The smallest absolute Gasteiger partial charge is 0.359 e. The molecule has 2 aromatic rings. The Labute approximate surface area is 156 Å². The highest BCUT2D eigenvalue weighted by Crippen LogP contribution is 2.49. The molecule has 7 heteroatoms. The van der Waals surface area contributed by atoms with E-state index in [4.69, 9.17) is 4.74 Å². The second kappa shape index (κ2) is 7.13. The van der Waals surface area contributed by atoms with E-state index in [1.54, 1.807) is 24.3 Å². The van der Waals surface area contributed by atoms with Gasteiger partial charge in [0.05, 0.1) is 5.39 Å². The van der Waals surface area contributed by atoms with E-state index in [1.165, 1.54) is 25.7 Å². The number of nitrogens with one attached hydrogen (secondary N) is 2. The number of ether oxygens (including phenoxy) is 1. The molecule has 2 aliphatic rings. The monoisotopic (exact) mass is 369 g/mol. The fourth-order valence-electron chi connectivity index (χ4n) is 4.78. The van der Waals surface area contributed by atoms with Crippen molar-refractivity contribution in [2.24, 2.45) is 17.8 Å². The number of carbonyl (C=O) groups is 2. The Morgan fingerprint density at radius 2 is 2.04 bits per heavy atom. The third-order valence-corrected chi connectivity index (χ3v) is 6.05. The number of H-pyrrole nitrogens is 1. The number of fused-ring (bicyclic) bond motifs is 3. The van der Waals surface area contributed by atoms with Crippen LogP contribution in [-0.2, 0) is 9.53 Å². The molecular formula is C20H23N3O4. The van der Waals surface area contributed by atoms with Crippen molar-refractivity contribution in [1.29, 1.82) is 0 Å². The second-order valence-corrected chi connectivity index (χ2v) is 7.72. The Morgan fingerprint density at radius 3 is 2.74 bits per heavy atom. The Hall–Kier alpha value is -2.70. The number of nitrogens with zero attached hydrogens (tertiary/aromatic N) is 1. The highest BCUT2D eigenvalue weighted by atomic mass is 16.5. The van der Waals surface area contributed by atoms with Gasteiger partial charge in [-0.15, -0.1) is 0 Å². The number of amides is 1. The highest BCUT2D eigenvalue weighted by Gasteiger charge is 2.42. The summed E-state index contributed by atoms with van der Waals surface area (Å²) in [4.78, 5) is 36.3. The lowest BCUT2D eigenvalue weighted by Gasteiger charge is -2.28. The van der Waals surface area contributed by atoms with Gasteiger partial charge in [-0.05, 0) is 50.0 Å². The minimum Gasteiger partial charge on any atom is -0.451 e. The van der Waals surface area contributed by atoms with Crippen LogP contribution >= 0.6 is 0 Å². The molecule has 2 N–H and O–H groups in total. The van der Waals surface area contributed by atoms with Crippen LogP contribution in [0.2, 0.25) is 0 Å². The summed E-state index contributed by atoms with van der Waals surface area (Å²) in [5, 5.41) is 9.80. The van der Waals surface area contributed by atoms with Gasteiger partial charge in [0.1, 0.15) is 0 Å². The van der Waals surface area contributed by atoms with Crippen LogP contribution in [0.3, 0.4) is 0 Å². The molecule has 0 unspecified atom stereocenters. The molecule has 1 aromatic carbocycles. The van der Waals surface area contributed by atoms with Gasteiger partial charge in [-0.3, -0.25) is 9.59 Å². The van der Waals surface area contributed by atoms with Gasteiger partial charge in [-0.1, -0.05) is 24.6 Å². The molecule has 4 atom stereocenters. The Morgan fingerprint density at radius 1 is 1.26 bits per heavy atom. The van der Waals surface area contributed by atoms with Crippen molar-refractivity contribution in [1.82, 2.24) is 15.5 Å². The molecule has 2 aliphatic carbocycles. The minimum absolute atomic E-state index is 0.000786. The Kier molecular flexibility index (Phi) is 4.68. The molecule has 1 heterocycles. The number of hydrogen-bond donors (Lipinski definition) is 2. The van der Waals surface area contributed by atoms with E-state index in [0.717, 1.165) is 5.92 Å². The highest BCUT2D eigenvalue weighted by molar-refractivity contribution is 6.02. The van der Waals surface area contributed by atoms with E-state index >= 15 is 0 Å². The van der Waals surface area contributed by atoms with Gasteiger partial charge in [-0.25, -0.2) is 9.89 Å². The minimum atomic E-state index is -0.731. The first-order valence-corrected chi connectivity index (χ1v) is 9.47. The zero-order valence-corrected chi connectivity index (χ0v) is 15.2. The predicted molar refractivity (Wildman–Crippen MR) is 99.2 cm³/mol. The first-order chi connectivity index (χ1) is 13.0. The van der Waals surface area contributed by atoms with Crippen molar-refractivity contribution in [3.05, 3.63) is 40.3 Å². The molecule has 1 aromatic heterocycles. The third-order valence-electron chi connectivity index (χ3n) is 6.05. The fraction of sp³-hybridized carbons (Fsp3) is 0.500. The molecule has 142 valence electrons. The Bertz CT molecular complexity index is 938. The van der Waals surface area contributed by atoms with E-state index < -0.39 is 5.97 Å². The number of esters is 1. The Balaban J connectivity index is 1.36.